The molecule has 2 aliphatic heterocycles. The molecule has 102 valence electrons. The molecule has 3 fully saturated rings. The van der Waals surface area contributed by atoms with Gasteiger partial charge in [0.25, 0.3) is 10.1 Å². The zero-order valence-electron chi connectivity index (χ0n) is 11.2. The number of fused-ring (bicyclic) bond motifs is 2. The molecule has 5 heteroatoms. The lowest BCUT2D eigenvalue weighted by molar-refractivity contribution is 0.0101. The summed E-state index contributed by atoms with van der Waals surface area (Å²) in [5, 5.41) is 3.61. The molecule has 0 aromatic carbocycles. The highest BCUT2D eigenvalue weighted by molar-refractivity contribution is 7.85. The van der Waals surface area contributed by atoms with Crippen molar-refractivity contribution >= 4 is 10.1 Å². The summed E-state index contributed by atoms with van der Waals surface area (Å²) in [6.07, 6.45) is 4.25. The monoisotopic (exact) mass is 263 g/mol. The van der Waals surface area contributed by atoms with Crippen LogP contribution < -0.4 is 5.32 Å². The second kappa shape index (κ2) is 5.24. The van der Waals surface area contributed by atoms with Crippen molar-refractivity contribution in [3.8, 4) is 0 Å². The first-order chi connectivity index (χ1) is 7.64. The summed E-state index contributed by atoms with van der Waals surface area (Å²) in [6.45, 7) is 8.19. The van der Waals surface area contributed by atoms with Crippen LogP contribution in [-0.2, 0) is 10.1 Å². The van der Waals surface area contributed by atoms with E-state index in [1.54, 1.807) is 13.8 Å². The fraction of sp³-hybridized carbons (Fsp3) is 1.00. The molecule has 2 bridgehead atoms. The second-order valence-electron chi connectivity index (χ2n) is 5.99. The summed E-state index contributed by atoms with van der Waals surface area (Å²) in [5.74, 6) is 0.795. The molecular formula is C12H25NO3S. The van der Waals surface area contributed by atoms with Gasteiger partial charge in [-0.3, -0.25) is 4.55 Å². The Morgan fingerprint density at radius 2 is 2.06 bits per heavy atom. The standard InChI is InChI=1S/C8H15N.C4H10O3S/c1-6-7-4-3-5-8(6,2)9-7;1-4(2)3-8(5,6)7/h6-7,9H,3-5H2,1-2H3;4H,3H2,1-2H3,(H,5,6,7). The largest absolute Gasteiger partial charge is 0.308 e. The maximum Gasteiger partial charge on any atom is 0.265 e. The number of hydrogen-bond donors (Lipinski definition) is 2. The summed E-state index contributed by atoms with van der Waals surface area (Å²) in [4.78, 5) is 0. The van der Waals surface area contributed by atoms with Crippen LogP contribution in [0.3, 0.4) is 0 Å². The summed E-state index contributed by atoms with van der Waals surface area (Å²) >= 11 is 0. The molecule has 3 aliphatic rings. The highest BCUT2D eigenvalue weighted by Gasteiger charge is 2.49. The Morgan fingerprint density at radius 1 is 1.47 bits per heavy atom. The Kier molecular flexibility index (Phi) is 4.60. The molecule has 1 aliphatic carbocycles. The molecule has 0 aromatic heterocycles. The average molecular weight is 263 g/mol. The highest BCUT2D eigenvalue weighted by Crippen LogP contribution is 2.42. The molecule has 4 nitrogen and oxygen atoms in total. The van der Waals surface area contributed by atoms with Gasteiger partial charge in [0.1, 0.15) is 0 Å². The van der Waals surface area contributed by atoms with Crippen LogP contribution in [0.2, 0.25) is 0 Å². The molecule has 2 saturated heterocycles. The molecule has 0 radical (unpaired) electrons. The van der Waals surface area contributed by atoms with Crippen molar-refractivity contribution in [2.75, 3.05) is 5.75 Å². The number of piperidine rings is 1. The van der Waals surface area contributed by atoms with Gasteiger partial charge in [0.15, 0.2) is 0 Å². The number of hydrogen-bond acceptors (Lipinski definition) is 3. The molecule has 1 saturated carbocycles. The average Bonchev–Trinajstić information content (AvgIpc) is 2.14. The summed E-state index contributed by atoms with van der Waals surface area (Å²) in [5.41, 5.74) is 0.531. The smallest absolute Gasteiger partial charge is 0.265 e. The van der Waals surface area contributed by atoms with Crippen molar-refractivity contribution in [2.45, 2.75) is 58.5 Å². The fourth-order valence-electron chi connectivity index (χ4n) is 2.76. The van der Waals surface area contributed by atoms with E-state index in [1.807, 2.05) is 0 Å². The maximum absolute atomic E-state index is 10.00. The summed E-state index contributed by atoms with van der Waals surface area (Å²) in [7, 11) is -3.72. The predicted octanol–water partition coefficient (Wildman–Crippen LogP) is 2.07. The van der Waals surface area contributed by atoms with E-state index in [0.717, 1.165) is 12.0 Å². The molecule has 3 atom stereocenters. The van der Waals surface area contributed by atoms with Gasteiger partial charge in [-0.1, -0.05) is 27.2 Å². The van der Waals surface area contributed by atoms with E-state index in [-0.39, 0.29) is 11.7 Å². The van der Waals surface area contributed by atoms with Crippen LogP contribution >= 0.6 is 0 Å². The van der Waals surface area contributed by atoms with Crippen molar-refractivity contribution in [1.29, 1.82) is 0 Å². The summed E-state index contributed by atoms with van der Waals surface area (Å²) < 4.78 is 28.2. The van der Waals surface area contributed by atoms with Crippen LogP contribution in [0.1, 0.15) is 47.0 Å². The Hall–Kier alpha value is -0.130. The van der Waals surface area contributed by atoms with Crippen molar-refractivity contribution in [2.24, 2.45) is 11.8 Å². The van der Waals surface area contributed by atoms with Gasteiger partial charge < -0.3 is 5.32 Å². The third kappa shape index (κ3) is 4.23. The van der Waals surface area contributed by atoms with Gasteiger partial charge >= 0.3 is 0 Å². The third-order valence-electron chi connectivity index (χ3n) is 3.88. The van der Waals surface area contributed by atoms with E-state index < -0.39 is 10.1 Å². The van der Waals surface area contributed by atoms with Gasteiger partial charge in [-0.15, -0.1) is 0 Å². The van der Waals surface area contributed by atoms with Gasteiger partial charge in [0.2, 0.25) is 0 Å². The quantitative estimate of drug-likeness (QED) is 0.748. The van der Waals surface area contributed by atoms with E-state index in [0.29, 0.717) is 5.54 Å². The molecule has 0 amide bonds. The Morgan fingerprint density at radius 3 is 2.24 bits per heavy atom. The molecular weight excluding hydrogens is 238 g/mol. The second-order valence-corrected chi connectivity index (χ2v) is 7.49. The Labute approximate surface area is 105 Å². The topological polar surface area (TPSA) is 66.4 Å². The first kappa shape index (κ1) is 14.9. The lowest BCUT2D eigenvalue weighted by atomic mass is 9.64. The van der Waals surface area contributed by atoms with Gasteiger partial charge in [0.05, 0.1) is 5.75 Å². The first-order valence-electron chi connectivity index (χ1n) is 6.37. The van der Waals surface area contributed by atoms with Gasteiger partial charge in [-0.25, -0.2) is 0 Å². The van der Waals surface area contributed by atoms with Crippen LogP contribution in [0.5, 0.6) is 0 Å². The molecule has 0 spiro atoms. The van der Waals surface area contributed by atoms with Crippen molar-refractivity contribution in [1.82, 2.24) is 5.32 Å². The van der Waals surface area contributed by atoms with Crippen molar-refractivity contribution in [3.05, 3.63) is 0 Å². The molecule has 2 N–H and O–H groups in total. The van der Waals surface area contributed by atoms with Crippen molar-refractivity contribution < 1.29 is 13.0 Å². The van der Waals surface area contributed by atoms with E-state index in [9.17, 15) is 8.42 Å². The normalized spacial score (nSPS) is 35.9. The van der Waals surface area contributed by atoms with E-state index >= 15 is 0 Å². The highest BCUT2D eigenvalue weighted by atomic mass is 32.2. The van der Waals surface area contributed by atoms with Crippen LogP contribution in [0.25, 0.3) is 0 Å². The van der Waals surface area contributed by atoms with Crippen LogP contribution in [-0.4, -0.2) is 30.3 Å². The summed E-state index contributed by atoms with van der Waals surface area (Å²) in [6, 6.07) is 0.865. The van der Waals surface area contributed by atoms with E-state index in [4.69, 9.17) is 4.55 Å². The first-order valence-corrected chi connectivity index (χ1v) is 7.98. The predicted molar refractivity (Wildman–Crippen MR) is 69.6 cm³/mol. The maximum atomic E-state index is 10.00. The van der Waals surface area contributed by atoms with Crippen LogP contribution in [0.4, 0.5) is 0 Å². The third-order valence-corrected chi connectivity index (χ3v) is 4.97. The molecule has 2 heterocycles. The van der Waals surface area contributed by atoms with Crippen molar-refractivity contribution in [3.63, 3.8) is 0 Å². The van der Waals surface area contributed by atoms with Crippen LogP contribution in [0, 0.1) is 11.8 Å². The van der Waals surface area contributed by atoms with Gasteiger partial charge in [0, 0.05) is 11.6 Å². The minimum atomic E-state index is -3.72. The van der Waals surface area contributed by atoms with Crippen LogP contribution in [0.15, 0.2) is 0 Å². The number of rotatable bonds is 2. The number of nitrogens with one attached hydrogen (secondary N) is 1. The lowest BCUT2D eigenvalue weighted by Gasteiger charge is -2.57. The molecule has 17 heavy (non-hydrogen) atoms. The SMILES string of the molecule is CC(C)CS(=O)(=O)O.CC1C2CCCC1(C)N2. The minimum absolute atomic E-state index is 0.00463. The van der Waals surface area contributed by atoms with E-state index in [2.05, 4.69) is 19.2 Å². The zero-order chi connectivity index (χ0) is 13.3. The van der Waals surface area contributed by atoms with Gasteiger partial charge in [-0.2, -0.15) is 8.42 Å². The lowest BCUT2D eigenvalue weighted by Crippen LogP contribution is -2.71. The molecule has 0 aromatic rings. The molecule has 3 unspecified atom stereocenters. The van der Waals surface area contributed by atoms with E-state index in [1.165, 1.54) is 19.3 Å². The minimum Gasteiger partial charge on any atom is -0.308 e. The Bertz CT molecular complexity index is 349. The Balaban J connectivity index is 0.000000172. The zero-order valence-corrected chi connectivity index (χ0v) is 12.0. The molecule has 3 rings (SSSR count). The fourth-order valence-corrected chi connectivity index (χ4v) is 3.60. The van der Waals surface area contributed by atoms with Gasteiger partial charge in [-0.05, 0) is 31.6 Å².